The Labute approximate surface area is 102 Å². The highest BCUT2D eigenvalue weighted by Crippen LogP contribution is 2.41. The van der Waals surface area contributed by atoms with Crippen LogP contribution < -0.4 is 5.32 Å². The van der Waals surface area contributed by atoms with Gasteiger partial charge in [-0.3, -0.25) is 0 Å². The van der Waals surface area contributed by atoms with Gasteiger partial charge in [0.05, 0.1) is 12.3 Å². The van der Waals surface area contributed by atoms with Gasteiger partial charge in [0.1, 0.15) is 5.76 Å². The maximum atomic E-state index is 5.40. The van der Waals surface area contributed by atoms with Gasteiger partial charge in [-0.25, -0.2) is 0 Å². The molecule has 1 N–H and O–H groups in total. The minimum absolute atomic E-state index is 0.295. The van der Waals surface area contributed by atoms with Gasteiger partial charge < -0.3 is 9.73 Å². The molecule has 1 aromatic heterocycles. The first-order valence-corrected chi connectivity index (χ1v) is 6.19. The molecule has 3 rings (SSSR count). The van der Waals surface area contributed by atoms with E-state index in [9.17, 15) is 0 Å². The minimum Gasteiger partial charge on any atom is -0.468 e. The molecule has 1 aliphatic carbocycles. The van der Waals surface area contributed by atoms with E-state index in [0.717, 1.165) is 5.76 Å². The molecule has 1 saturated carbocycles. The summed E-state index contributed by atoms with van der Waals surface area (Å²) in [7, 11) is 0. The average molecular weight is 227 g/mol. The Morgan fingerprint density at radius 2 is 2.00 bits per heavy atom. The van der Waals surface area contributed by atoms with Gasteiger partial charge in [-0.2, -0.15) is 0 Å². The fraction of sp³-hybridized carbons (Fsp3) is 0.333. The molecule has 2 nitrogen and oxygen atoms in total. The van der Waals surface area contributed by atoms with Crippen molar-refractivity contribution in [1.82, 2.24) is 5.32 Å². The van der Waals surface area contributed by atoms with Crippen molar-refractivity contribution in [2.75, 3.05) is 0 Å². The van der Waals surface area contributed by atoms with Crippen LogP contribution in [0.25, 0.3) is 0 Å². The molecule has 17 heavy (non-hydrogen) atoms. The quantitative estimate of drug-likeness (QED) is 0.865. The summed E-state index contributed by atoms with van der Waals surface area (Å²) in [6, 6.07) is 15.6. The summed E-state index contributed by atoms with van der Waals surface area (Å²) in [6.45, 7) is 2.15. The molecule has 3 unspecified atom stereocenters. The lowest BCUT2D eigenvalue weighted by Crippen LogP contribution is -2.21. The number of rotatable bonds is 4. The Morgan fingerprint density at radius 1 is 1.18 bits per heavy atom. The Kier molecular flexibility index (Phi) is 2.73. The van der Waals surface area contributed by atoms with Crippen molar-refractivity contribution in [1.29, 1.82) is 0 Å². The van der Waals surface area contributed by atoms with E-state index in [0.29, 0.717) is 18.0 Å². The molecule has 3 atom stereocenters. The van der Waals surface area contributed by atoms with E-state index in [4.69, 9.17) is 4.42 Å². The standard InChI is InChI=1S/C15H17NO/c1-11(15-8-5-9-17-15)16-14-10-13(14)12-6-3-2-4-7-12/h2-9,11,13-14,16H,10H2,1H3. The van der Waals surface area contributed by atoms with Crippen LogP contribution in [0.2, 0.25) is 0 Å². The highest BCUT2D eigenvalue weighted by Gasteiger charge is 2.39. The van der Waals surface area contributed by atoms with Gasteiger partial charge in [0.15, 0.2) is 0 Å². The third-order valence-electron chi connectivity index (χ3n) is 3.45. The van der Waals surface area contributed by atoms with Gasteiger partial charge in [0.2, 0.25) is 0 Å². The maximum Gasteiger partial charge on any atom is 0.120 e. The second kappa shape index (κ2) is 4.38. The molecule has 0 radical (unpaired) electrons. The second-order valence-corrected chi connectivity index (χ2v) is 4.76. The zero-order chi connectivity index (χ0) is 11.7. The predicted octanol–water partition coefficient (Wildman–Crippen LogP) is 3.49. The lowest BCUT2D eigenvalue weighted by atomic mass is 10.1. The van der Waals surface area contributed by atoms with Gasteiger partial charge in [-0.15, -0.1) is 0 Å². The topological polar surface area (TPSA) is 25.2 Å². The Balaban J connectivity index is 1.59. The van der Waals surface area contributed by atoms with Crippen molar-refractivity contribution in [3.05, 3.63) is 60.1 Å². The number of furan rings is 1. The number of hydrogen-bond donors (Lipinski definition) is 1. The molecular weight excluding hydrogens is 210 g/mol. The minimum atomic E-state index is 0.295. The molecule has 1 aliphatic rings. The monoisotopic (exact) mass is 227 g/mol. The highest BCUT2D eigenvalue weighted by atomic mass is 16.3. The van der Waals surface area contributed by atoms with Crippen LogP contribution in [-0.2, 0) is 0 Å². The average Bonchev–Trinajstić information content (AvgIpc) is 2.92. The summed E-state index contributed by atoms with van der Waals surface area (Å²) >= 11 is 0. The van der Waals surface area contributed by atoms with Gasteiger partial charge in [-0.05, 0) is 31.0 Å². The summed E-state index contributed by atoms with van der Waals surface area (Å²) in [5, 5.41) is 3.61. The second-order valence-electron chi connectivity index (χ2n) is 4.76. The highest BCUT2D eigenvalue weighted by molar-refractivity contribution is 5.28. The molecule has 0 aliphatic heterocycles. The molecular formula is C15H17NO. The summed E-state index contributed by atoms with van der Waals surface area (Å²) < 4.78 is 5.40. The summed E-state index contributed by atoms with van der Waals surface area (Å²) in [6.07, 6.45) is 2.96. The van der Waals surface area contributed by atoms with Crippen LogP contribution >= 0.6 is 0 Å². The Bertz CT molecular complexity index is 463. The fourth-order valence-corrected chi connectivity index (χ4v) is 2.39. The third-order valence-corrected chi connectivity index (χ3v) is 3.45. The predicted molar refractivity (Wildman–Crippen MR) is 67.8 cm³/mol. The van der Waals surface area contributed by atoms with Crippen LogP contribution in [0.1, 0.15) is 36.6 Å². The molecule has 1 fully saturated rings. The molecule has 0 amide bonds. The molecule has 0 saturated heterocycles. The van der Waals surface area contributed by atoms with Crippen LogP contribution in [-0.4, -0.2) is 6.04 Å². The smallest absolute Gasteiger partial charge is 0.120 e. The largest absolute Gasteiger partial charge is 0.468 e. The Hall–Kier alpha value is -1.54. The van der Waals surface area contributed by atoms with Gasteiger partial charge in [0, 0.05) is 12.0 Å². The Morgan fingerprint density at radius 3 is 2.71 bits per heavy atom. The fourth-order valence-electron chi connectivity index (χ4n) is 2.39. The van der Waals surface area contributed by atoms with Crippen molar-refractivity contribution in [3.8, 4) is 0 Å². The molecule has 0 spiro atoms. The van der Waals surface area contributed by atoms with Crippen LogP contribution in [0.5, 0.6) is 0 Å². The van der Waals surface area contributed by atoms with E-state index in [1.165, 1.54) is 12.0 Å². The first kappa shape index (κ1) is 10.6. The zero-order valence-corrected chi connectivity index (χ0v) is 9.97. The van der Waals surface area contributed by atoms with Crippen LogP contribution in [0.4, 0.5) is 0 Å². The number of benzene rings is 1. The van der Waals surface area contributed by atoms with Gasteiger partial charge in [0.25, 0.3) is 0 Å². The van der Waals surface area contributed by atoms with Crippen LogP contribution in [0.3, 0.4) is 0 Å². The number of hydrogen-bond acceptors (Lipinski definition) is 2. The van der Waals surface area contributed by atoms with E-state index < -0.39 is 0 Å². The molecule has 1 aromatic carbocycles. The third kappa shape index (κ3) is 2.27. The first-order chi connectivity index (χ1) is 8.34. The van der Waals surface area contributed by atoms with Crippen molar-refractivity contribution in [2.24, 2.45) is 0 Å². The molecule has 2 aromatic rings. The lowest BCUT2D eigenvalue weighted by Gasteiger charge is -2.10. The van der Waals surface area contributed by atoms with Crippen LogP contribution in [0, 0.1) is 0 Å². The van der Waals surface area contributed by atoms with E-state index in [2.05, 4.69) is 42.6 Å². The molecule has 1 heterocycles. The zero-order valence-electron chi connectivity index (χ0n) is 9.97. The first-order valence-electron chi connectivity index (χ1n) is 6.19. The van der Waals surface area contributed by atoms with Crippen molar-refractivity contribution in [3.63, 3.8) is 0 Å². The normalized spacial score (nSPS) is 24.5. The molecule has 0 bridgehead atoms. The molecule has 88 valence electrons. The summed E-state index contributed by atoms with van der Waals surface area (Å²) in [5.74, 6) is 1.69. The number of nitrogens with one attached hydrogen (secondary N) is 1. The maximum absolute atomic E-state index is 5.40. The van der Waals surface area contributed by atoms with Crippen molar-refractivity contribution in [2.45, 2.75) is 31.3 Å². The lowest BCUT2D eigenvalue weighted by molar-refractivity contribution is 0.427. The van der Waals surface area contributed by atoms with Crippen molar-refractivity contribution >= 4 is 0 Å². The van der Waals surface area contributed by atoms with Gasteiger partial charge in [-0.1, -0.05) is 30.3 Å². The van der Waals surface area contributed by atoms with Crippen LogP contribution in [0.15, 0.2) is 53.1 Å². The molecule has 2 heteroatoms. The summed E-state index contributed by atoms with van der Waals surface area (Å²) in [5.41, 5.74) is 1.44. The van der Waals surface area contributed by atoms with Gasteiger partial charge >= 0.3 is 0 Å². The SMILES string of the molecule is CC(NC1CC1c1ccccc1)c1ccco1. The summed E-state index contributed by atoms with van der Waals surface area (Å²) in [4.78, 5) is 0. The van der Waals surface area contributed by atoms with E-state index in [1.54, 1.807) is 6.26 Å². The van der Waals surface area contributed by atoms with E-state index in [-0.39, 0.29) is 0 Å². The van der Waals surface area contributed by atoms with Crippen molar-refractivity contribution < 1.29 is 4.42 Å². The van der Waals surface area contributed by atoms with E-state index in [1.807, 2.05) is 12.1 Å². The van der Waals surface area contributed by atoms with E-state index >= 15 is 0 Å².